The molecule has 0 aliphatic carbocycles. The Morgan fingerprint density at radius 2 is 2.30 bits per heavy atom. The van der Waals surface area contributed by atoms with Gasteiger partial charge < -0.3 is 10.1 Å². The van der Waals surface area contributed by atoms with Crippen molar-refractivity contribution < 1.29 is 4.74 Å². The molecular formula is C16H21N3O. The van der Waals surface area contributed by atoms with Crippen LogP contribution in [0.1, 0.15) is 17.5 Å². The summed E-state index contributed by atoms with van der Waals surface area (Å²) in [7, 11) is 0. The monoisotopic (exact) mass is 271 g/mol. The first-order valence-electron chi connectivity index (χ1n) is 7.34. The molecule has 0 saturated carbocycles. The summed E-state index contributed by atoms with van der Waals surface area (Å²) < 4.78 is 7.50. The molecule has 4 heteroatoms. The Balaban J connectivity index is 1.33. The molecule has 4 nitrogen and oxygen atoms in total. The fraction of sp³-hybridized carbons (Fsp3) is 0.438. The van der Waals surface area contributed by atoms with Crippen LogP contribution in [-0.2, 0) is 19.4 Å². The normalized spacial score (nSPS) is 13.2. The zero-order valence-electron chi connectivity index (χ0n) is 11.7. The fourth-order valence-electron chi connectivity index (χ4n) is 2.55. The smallest absolute Gasteiger partial charge is 0.122 e. The minimum atomic E-state index is 0.838. The molecule has 1 N–H and O–H groups in total. The highest BCUT2D eigenvalue weighted by molar-refractivity contribution is 5.39. The molecule has 0 unspecified atom stereocenters. The Morgan fingerprint density at radius 1 is 1.30 bits per heavy atom. The van der Waals surface area contributed by atoms with Gasteiger partial charge >= 0.3 is 0 Å². The van der Waals surface area contributed by atoms with E-state index in [1.165, 1.54) is 11.1 Å². The molecule has 20 heavy (non-hydrogen) atoms. The molecule has 1 aromatic carbocycles. The molecule has 1 aromatic heterocycles. The summed E-state index contributed by atoms with van der Waals surface area (Å²) in [6, 6.07) is 8.53. The molecular weight excluding hydrogens is 250 g/mol. The van der Waals surface area contributed by atoms with Gasteiger partial charge in [-0.1, -0.05) is 12.1 Å². The molecule has 1 aliphatic heterocycles. The second-order valence-electron chi connectivity index (χ2n) is 5.16. The van der Waals surface area contributed by atoms with Crippen LogP contribution in [0.5, 0.6) is 5.75 Å². The molecule has 0 fully saturated rings. The van der Waals surface area contributed by atoms with E-state index in [1.807, 2.05) is 23.1 Å². The highest BCUT2D eigenvalue weighted by Gasteiger charge is 2.11. The van der Waals surface area contributed by atoms with Gasteiger partial charge in [-0.3, -0.25) is 4.68 Å². The molecule has 0 radical (unpaired) electrons. The Morgan fingerprint density at radius 3 is 3.20 bits per heavy atom. The van der Waals surface area contributed by atoms with Crippen LogP contribution in [0.15, 0.2) is 36.7 Å². The van der Waals surface area contributed by atoms with E-state index >= 15 is 0 Å². The van der Waals surface area contributed by atoms with E-state index in [0.717, 1.165) is 51.3 Å². The topological polar surface area (TPSA) is 39.1 Å². The summed E-state index contributed by atoms with van der Waals surface area (Å²) in [5.74, 6) is 1.07. The van der Waals surface area contributed by atoms with Crippen molar-refractivity contribution in [1.82, 2.24) is 15.1 Å². The number of hydrogen-bond donors (Lipinski definition) is 1. The van der Waals surface area contributed by atoms with E-state index in [1.54, 1.807) is 0 Å². The minimum absolute atomic E-state index is 0.838. The number of benzene rings is 1. The Bertz CT molecular complexity index is 537. The standard InChI is InChI=1S/C16H21N3O/c1(10-19-11-2-8-18-19)7-17-9-5-14-3-4-16-15(13-14)6-12-20-16/h2-4,8,11,13,17H,1,5-7,9-10,12H2. The van der Waals surface area contributed by atoms with Crippen molar-refractivity contribution in [2.75, 3.05) is 19.7 Å². The van der Waals surface area contributed by atoms with Gasteiger partial charge in [0.15, 0.2) is 0 Å². The average Bonchev–Trinajstić information content (AvgIpc) is 3.13. The zero-order valence-corrected chi connectivity index (χ0v) is 11.7. The van der Waals surface area contributed by atoms with Gasteiger partial charge in [-0.2, -0.15) is 5.10 Å². The van der Waals surface area contributed by atoms with E-state index in [0.29, 0.717) is 0 Å². The van der Waals surface area contributed by atoms with E-state index in [2.05, 4.69) is 28.6 Å². The van der Waals surface area contributed by atoms with Crippen LogP contribution in [0.3, 0.4) is 0 Å². The second-order valence-corrected chi connectivity index (χ2v) is 5.16. The zero-order chi connectivity index (χ0) is 13.6. The van der Waals surface area contributed by atoms with Crippen LogP contribution in [0.25, 0.3) is 0 Å². The third kappa shape index (κ3) is 3.39. The molecule has 1 aliphatic rings. The molecule has 106 valence electrons. The summed E-state index contributed by atoms with van der Waals surface area (Å²) in [6.45, 7) is 3.88. The highest BCUT2D eigenvalue weighted by atomic mass is 16.5. The SMILES string of the molecule is c1cnn(CCCNCCc2ccc3c(c2)CCO3)c1. The Hall–Kier alpha value is -1.81. The quantitative estimate of drug-likeness (QED) is 0.783. The van der Waals surface area contributed by atoms with E-state index < -0.39 is 0 Å². The van der Waals surface area contributed by atoms with Crippen LogP contribution in [-0.4, -0.2) is 29.5 Å². The lowest BCUT2D eigenvalue weighted by Gasteiger charge is -2.06. The number of nitrogens with zero attached hydrogens (tertiary/aromatic N) is 2. The van der Waals surface area contributed by atoms with E-state index in [4.69, 9.17) is 4.74 Å². The molecule has 0 spiro atoms. The number of ether oxygens (including phenoxy) is 1. The van der Waals surface area contributed by atoms with Gasteiger partial charge in [-0.05, 0) is 49.2 Å². The third-order valence-corrected chi connectivity index (χ3v) is 3.64. The second kappa shape index (κ2) is 6.57. The number of hydrogen-bond acceptors (Lipinski definition) is 3. The first-order valence-corrected chi connectivity index (χ1v) is 7.34. The van der Waals surface area contributed by atoms with Crippen molar-refractivity contribution in [3.05, 3.63) is 47.8 Å². The molecule has 0 amide bonds. The van der Waals surface area contributed by atoms with Gasteiger partial charge in [0.2, 0.25) is 0 Å². The van der Waals surface area contributed by atoms with Crippen molar-refractivity contribution in [2.45, 2.75) is 25.8 Å². The predicted octanol–water partition coefficient (Wildman–Crippen LogP) is 2.04. The fourth-order valence-corrected chi connectivity index (χ4v) is 2.55. The third-order valence-electron chi connectivity index (χ3n) is 3.64. The number of aromatic nitrogens is 2. The number of aryl methyl sites for hydroxylation is 1. The van der Waals surface area contributed by atoms with Gasteiger partial charge in [-0.25, -0.2) is 0 Å². The number of fused-ring (bicyclic) bond motifs is 1. The maximum absolute atomic E-state index is 5.52. The van der Waals surface area contributed by atoms with Crippen molar-refractivity contribution in [2.24, 2.45) is 0 Å². The van der Waals surface area contributed by atoms with Crippen molar-refractivity contribution in [1.29, 1.82) is 0 Å². The maximum atomic E-state index is 5.52. The van der Waals surface area contributed by atoms with Gasteiger partial charge in [0.25, 0.3) is 0 Å². The summed E-state index contributed by atoms with van der Waals surface area (Å²) >= 11 is 0. The highest BCUT2D eigenvalue weighted by Crippen LogP contribution is 2.25. The van der Waals surface area contributed by atoms with Crippen molar-refractivity contribution in [3.8, 4) is 5.75 Å². The minimum Gasteiger partial charge on any atom is -0.493 e. The van der Waals surface area contributed by atoms with Gasteiger partial charge in [0, 0.05) is 25.4 Å². The van der Waals surface area contributed by atoms with E-state index in [9.17, 15) is 0 Å². The molecule has 2 heterocycles. The van der Waals surface area contributed by atoms with Crippen LogP contribution in [0.4, 0.5) is 0 Å². The molecule has 0 atom stereocenters. The lowest BCUT2D eigenvalue weighted by atomic mass is 10.1. The first-order chi connectivity index (χ1) is 9.92. The molecule has 3 rings (SSSR count). The van der Waals surface area contributed by atoms with Crippen molar-refractivity contribution >= 4 is 0 Å². The van der Waals surface area contributed by atoms with Gasteiger partial charge in [0.05, 0.1) is 6.61 Å². The summed E-state index contributed by atoms with van der Waals surface area (Å²) in [5, 5.41) is 7.68. The van der Waals surface area contributed by atoms with Crippen LogP contribution < -0.4 is 10.1 Å². The Kier molecular flexibility index (Phi) is 4.33. The number of rotatable bonds is 7. The van der Waals surface area contributed by atoms with E-state index in [-0.39, 0.29) is 0 Å². The Labute approximate surface area is 119 Å². The number of nitrogens with one attached hydrogen (secondary N) is 1. The summed E-state index contributed by atoms with van der Waals surface area (Å²) in [4.78, 5) is 0. The summed E-state index contributed by atoms with van der Waals surface area (Å²) in [5.41, 5.74) is 2.76. The van der Waals surface area contributed by atoms with Crippen LogP contribution >= 0.6 is 0 Å². The predicted molar refractivity (Wildman–Crippen MR) is 79.1 cm³/mol. The van der Waals surface area contributed by atoms with Gasteiger partial charge in [0.1, 0.15) is 5.75 Å². The van der Waals surface area contributed by atoms with Gasteiger partial charge in [-0.15, -0.1) is 0 Å². The maximum Gasteiger partial charge on any atom is 0.122 e. The largest absolute Gasteiger partial charge is 0.493 e. The van der Waals surface area contributed by atoms with Crippen molar-refractivity contribution in [3.63, 3.8) is 0 Å². The average molecular weight is 271 g/mol. The first kappa shape index (κ1) is 13.2. The summed E-state index contributed by atoms with van der Waals surface area (Å²) in [6.07, 6.45) is 7.08. The molecule has 2 aromatic rings. The lowest BCUT2D eigenvalue weighted by Crippen LogP contribution is -2.20. The van der Waals surface area contributed by atoms with Crippen LogP contribution in [0.2, 0.25) is 0 Å². The molecule has 0 bridgehead atoms. The van der Waals surface area contributed by atoms with Crippen LogP contribution in [0, 0.1) is 0 Å². The lowest BCUT2D eigenvalue weighted by molar-refractivity contribution is 0.357. The molecule has 0 saturated heterocycles.